The molecular formula is C13H19N5. The first-order valence-electron chi connectivity index (χ1n) is 6.04. The number of rotatable bonds is 4. The van der Waals surface area contributed by atoms with Gasteiger partial charge in [-0.1, -0.05) is 6.92 Å². The summed E-state index contributed by atoms with van der Waals surface area (Å²) in [5.41, 5.74) is 9.06. The number of nitrogens with zero attached hydrogens (tertiary/aromatic N) is 4. The highest BCUT2D eigenvalue weighted by molar-refractivity contribution is 5.66. The fourth-order valence-corrected chi connectivity index (χ4v) is 2.14. The first kappa shape index (κ1) is 12.4. The molecule has 0 atom stereocenters. The summed E-state index contributed by atoms with van der Waals surface area (Å²) < 4.78 is 1.84. The largest absolute Gasteiger partial charge is 0.394 e. The zero-order valence-electron chi connectivity index (χ0n) is 11.1. The molecular weight excluding hydrogens is 226 g/mol. The van der Waals surface area contributed by atoms with Crippen molar-refractivity contribution < 1.29 is 0 Å². The van der Waals surface area contributed by atoms with Gasteiger partial charge in [0.15, 0.2) is 0 Å². The van der Waals surface area contributed by atoms with Crippen LogP contribution in [-0.4, -0.2) is 21.8 Å². The molecule has 0 saturated heterocycles. The highest BCUT2D eigenvalue weighted by Crippen LogP contribution is 2.26. The fourth-order valence-electron chi connectivity index (χ4n) is 2.14. The third-order valence-corrected chi connectivity index (χ3v) is 2.99. The van der Waals surface area contributed by atoms with E-state index in [4.69, 9.17) is 5.73 Å². The molecule has 0 spiro atoms. The maximum Gasteiger partial charge on any atom is 0.150 e. The molecule has 0 bridgehead atoms. The number of hydrogen-bond donors (Lipinski definition) is 1. The Kier molecular flexibility index (Phi) is 3.50. The van der Waals surface area contributed by atoms with Gasteiger partial charge in [-0.15, -0.1) is 0 Å². The van der Waals surface area contributed by atoms with Gasteiger partial charge in [-0.3, -0.25) is 9.67 Å². The standard InChI is InChI=1S/C13H19N5/c1-4-11-12(14)13(18(3)16-11)17(2)9-10-5-7-15-8-6-10/h5-8H,4,9,14H2,1-3H3. The van der Waals surface area contributed by atoms with Crippen molar-refractivity contribution in [2.75, 3.05) is 17.7 Å². The molecule has 0 radical (unpaired) electrons. The van der Waals surface area contributed by atoms with E-state index in [-0.39, 0.29) is 0 Å². The molecule has 0 aliphatic carbocycles. The van der Waals surface area contributed by atoms with Gasteiger partial charge in [-0.25, -0.2) is 0 Å². The van der Waals surface area contributed by atoms with E-state index in [0.29, 0.717) is 0 Å². The number of nitrogen functional groups attached to an aromatic ring is 1. The molecule has 2 heterocycles. The van der Waals surface area contributed by atoms with Gasteiger partial charge in [-0.2, -0.15) is 5.10 Å². The van der Waals surface area contributed by atoms with Gasteiger partial charge in [0.2, 0.25) is 0 Å². The second kappa shape index (κ2) is 5.08. The minimum Gasteiger partial charge on any atom is -0.394 e. The Bertz CT molecular complexity index is 518. The Morgan fingerprint density at radius 3 is 2.56 bits per heavy atom. The molecule has 2 aromatic rings. The van der Waals surface area contributed by atoms with Crippen LogP contribution < -0.4 is 10.6 Å². The summed E-state index contributed by atoms with van der Waals surface area (Å²) in [5.74, 6) is 0.962. The van der Waals surface area contributed by atoms with Crippen LogP contribution in [0.5, 0.6) is 0 Å². The lowest BCUT2D eigenvalue weighted by atomic mass is 10.2. The van der Waals surface area contributed by atoms with Crippen LogP contribution in [-0.2, 0) is 20.0 Å². The first-order chi connectivity index (χ1) is 8.63. The predicted octanol–water partition coefficient (Wildman–Crippen LogP) is 1.60. The van der Waals surface area contributed by atoms with Crippen LogP contribution in [0.2, 0.25) is 0 Å². The van der Waals surface area contributed by atoms with Crippen molar-refractivity contribution in [3.8, 4) is 0 Å². The average Bonchev–Trinajstić information content (AvgIpc) is 2.65. The number of hydrogen-bond acceptors (Lipinski definition) is 4. The fraction of sp³-hybridized carbons (Fsp3) is 0.385. The zero-order chi connectivity index (χ0) is 13.1. The summed E-state index contributed by atoms with van der Waals surface area (Å²) in [7, 11) is 3.95. The minimum atomic E-state index is 0.775. The number of pyridine rings is 1. The summed E-state index contributed by atoms with van der Waals surface area (Å²) in [6.45, 7) is 2.85. The molecule has 2 rings (SSSR count). The van der Waals surface area contributed by atoms with Crippen molar-refractivity contribution in [2.45, 2.75) is 19.9 Å². The smallest absolute Gasteiger partial charge is 0.150 e. The van der Waals surface area contributed by atoms with E-state index in [9.17, 15) is 0 Å². The van der Waals surface area contributed by atoms with E-state index in [2.05, 4.69) is 21.9 Å². The summed E-state index contributed by atoms with van der Waals surface area (Å²) in [4.78, 5) is 6.13. The predicted molar refractivity (Wildman–Crippen MR) is 73.3 cm³/mol. The topological polar surface area (TPSA) is 60.0 Å². The Morgan fingerprint density at radius 1 is 1.33 bits per heavy atom. The summed E-state index contributed by atoms with van der Waals surface area (Å²) >= 11 is 0. The van der Waals surface area contributed by atoms with Crippen molar-refractivity contribution in [1.29, 1.82) is 0 Å². The molecule has 5 nitrogen and oxygen atoms in total. The number of nitrogens with two attached hydrogens (primary N) is 1. The molecule has 0 aliphatic heterocycles. The summed E-state index contributed by atoms with van der Waals surface area (Å²) in [6, 6.07) is 4.01. The average molecular weight is 245 g/mol. The van der Waals surface area contributed by atoms with Crippen molar-refractivity contribution in [3.63, 3.8) is 0 Å². The van der Waals surface area contributed by atoms with Gasteiger partial charge >= 0.3 is 0 Å². The van der Waals surface area contributed by atoms with Gasteiger partial charge in [0.1, 0.15) is 5.82 Å². The van der Waals surface area contributed by atoms with Crippen molar-refractivity contribution >= 4 is 11.5 Å². The van der Waals surface area contributed by atoms with Gasteiger partial charge in [-0.05, 0) is 24.1 Å². The van der Waals surface area contributed by atoms with E-state index < -0.39 is 0 Å². The van der Waals surface area contributed by atoms with E-state index in [1.165, 1.54) is 5.56 Å². The number of anilines is 2. The second-order valence-electron chi connectivity index (χ2n) is 4.37. The minimum absolute atomic E-state index is 0.775. The molecule has 0 fully saturated rings. The normalized spacial score (nSPS) is 10.6. The molecule has 18 heavy (non-hydrogen) atoms. The van der Waals surface area contributed by atoms with Crippen LogP contribution in [0.4, 0.5) is 11.5 Å². The van der Waals surface area contributed by atoms with Crippen LogP contribution in [0.3, 0.4) is 0 Å². The van der Waals surface area contributed by atoms with Crippen molar-refractivity contribution in [2.24, 2.45) is 7.05 Å². The molecule has 2 N–H and O–H groups in total. The van der Waals surface area contributed by atoms with E-state index in [1.54, 1.807) is 12.4 Å². The molecule has 5 heteroatoms. The third-order valence-electron chi connectivity index (χ3n) is 2.99. The third kappa shape index (κ3) is 2.30. The van der Waals surface area contributed by atoms with E-state index in [0.717, 1.165) is 30.2 Å². The Labute approximate surface area is 107 Å². The van der Waals surface area contributed by atoms with Gasteiger partial charge in [0.05, 0.1) is 11.4 Å². The lowest BCUT2D eigenvalue weighted by Gasteiger charge is -2.19. The van der Waals surface area contributed by atoms with Crippen molar-refractivity contribution in [1.82, 2.24) is 14.8 Å². The lowest BCUT2D eigenvalue weighted by Crippen LogP contribution is -2.20. The monoisotopic (exact) mass is 245 g/mol. The first-order valence-corrected chi connectivity index (χ1v) is 6.04. The van der Waals surface area contributed by atoms with Crippen LogP contribution in [0, 0.1) is 0 Å². The van der Waals surface area contributed by atoms with E-state index in [1.807, 2.05) is 30.9 Å². The van der Waals surface area contributed by atoms with Gasteiger partial charge < -0.3 is 10.6 Å². The van der Waals surface area contributed by atoms with Gasteiger partial charge in [0.25, 0.3) is 0 Å². The second-order valence-corrected chi connectivity index (χ2v) is 4.37. The highest BCUT2D eigenvalue weighted by Gasteiger charge is 2.15. The summed E-state index contributed by atoms with van der Waals surface area (Å²) in [5, 5.41) is 4.43. The molecule has 0 amide bonds. The maximum absolute atomic E-state index is 6.13. The highest BCUT2D eigenvalue weighted by atomic mass is 15.4. The molecule has 0 aliphatic rings. The zero-order valence-corrected chi connectivity index (χ0v) is 11.1. The van der Waals surface area contributed by atoms with Crippen molar-refractivity contribution in [3.05, 3.63) is 35.8 Å². The Balaban J connectivity index is 2.24. The summed E-state index contributed by atoms with van der Waals surface area (Å²) in [6.07, 6.45) is 4.45. The van der Waals surface area contributed by atoms with E-state index >= 15 is 0 Å². The Hall–Kier alpha value is -2.04. The number of aromatic nitrogens is 3. The Morgan fingerprint density at radius 2 is 2.00 bits per heavy atom. The molecule has 0 unspecified atom stereocenters. The molecule has 2 aromatic heterocycles. The number of aryl methyl sites for hydroxylation is 2. The lowest BCUT2D eigenvalue weighted by molar-refractivity contribution is 0.720. The molecule has 96 valence electrons. The van der Waals surface area contributed by atoms with Crippen LogP contribution >= 0.6 is 0 Å². The quantitative estimate of drug-likeness (QED) is 0.888. The van der Waals surface area contributed by atoms with Gasteiger partial charge in [0, 0.05) is 33.0 Å². The van der Waals surface area contributed by atoms with Crippen LogP contribution in [0.25, 0.3) is 0 Å². The molecule has 0 aromatic carbocycles. The van der Waals surface area contributed by atoms with Crippen LogP contribution in [0.15, 0.2) is 24.5 Å². The maximum atomic E-state index is 6.13. The molecule has 0 saturated carbocycles. The van der Waals surface area contributed by atoms with Crippen LogP contribution in [0.1, 0.15) is 18.2 Å². The SMILES string of the molecule is CCc1nn(C)c(N(C)Cc2ccncc2)c1N.